The van der Waals surface area contributed by atoms with Gasteiger partial charge in [-0.1, -0.05) is 17.7 Å². The van der Waals surface area contributed by atoms with Crippen molar-refractivity contribution in [1.29, 1.82) is 0 Å². The van der Waals surface area contributed by atoms with E-state index in [-0.39, 0.29) is 18.0 Å². The Labute approximate surface area is 121 Å². The molecular weight excluding hydrogens is 285 g/mol. The van der Waals surface area contributed by atoms with Gasteiger partial charge in [0.25, 0.3) is 0 Å². The Morgan fingerprint density at radius 2 is 2.05 bits per heavy atom. The summed E-state index contributed by atoms with van der Waals surface area (Å²) in [6.07, 6.45) is -0.335. The highest BCUT2D eigenvalue weighted by molar-refractivity contribution is 7.16. The van der Waals surface area contributed by atoms with Crippen LogP contribution in [-0.4, -0.2) is 6.04 Å². The highest BCUT2D eigenvalue weighted by atomic mass is 35.5. The fourth-order valence-electron chi connectivity index (χ4n) is 1.74. The smallest absolute Gasteiger partial charge is 0.148 e. The molecular formula is C14H15ClFNOS. The van der Waals surface area contributed by atoms with E-state index < -0.39 is 0 Å². The summed E-state index contributed by atoms with van der Waals surface area (Å²) < 4.78 is 19.8. The Hall–Kier alpha value is -1.10. The lowest BCUT2D eigenvalue weighted by atomic mass is 10.1. The lowest BCUT2D eigenvalue weighted by Crippen LogP contribution is -2.28. The van der Waals surface area contributed by atoms with Crippen molar-refractivity contribution < 1.29 is 9.13 Å². The summed E-state index contributed by atoms with van der Waals surface area (Å²) in [7, 11) is 0. The summed E-state index contributed by atoms with van der Waals surface area (Å²) in [5.74, 6) is 0.181. The Bertz CT molecular complexity index is 570. The zero-order valence-corrected chi connectivity index (χ0v) is 12.3. The Morgan fingerprint density at radius 3 is 2.63 bits per heavy atom. The van der Waals surface area contributed by atoms with Gasteiger partial charge in [0.05, 0.1) is 4.34 Å². The fraction of sp³-hybridized carbons (Fsp3) is 0.286. The molecule has 1 aromatic heterocycles. The van der Waals surface area contributed by atoms with Gasteiger partial charge in [-0.05, 0) is 37.6 Å². The van der Waals surface area contributed by atoms with Crippen LogP contribution in [0.1, 0.15) is 23.5 Å². The van der Waals surface area contributed by atoms with Crippen LogP contribution in [0.2, 0.25) is 4.34 Å². The summed E-state index contributed by atoms with van der Waals surface area (Å²) in [5, 5.41) is 0. The standard InChI is InChI=1S/C14H15ClFNOS/c1-8-3-4-10(16)7-11(8)18-14(9(2)17)12-5-6-13(15)19-12/h3-7,9,14H,17H2,1-2H3. The van der Waals surface area contributed by atoms with Crippen LogP contribution in [0.3, 0.4) is 0 Å². The number of hydrogen-bond donors (Lipinski definition) is 1. The van der Waals surface area contributed by atoms with Crippen molar-refractivity contribution in [3.63, 3.8) is 0 Å². The molecule has 0 aliphatic heterocycles. The summed E-state index contributed by atoms with van der Waals surface area (Å²) in [6.45, 7) is 3.72. The summed E-state index contributed by atoms with van der Waals surface area (Å²) >= 11 is 7.35. The summed E-state index contributed by atoms with van der Waals surface area (Å²) in [4.78, 5) is 0.934. The van der Waals surface area contributed by atoms with Crippen molar-refractivity contribution >= 4 is 22.9 Å². The minimum atomic E-state index is -0.335. The molecule has 2 N–H and O–H groups in total. The van der Waals surface area contributed by atoms with Crippen LogP contribution in [0.4, 0.5) is 4.39 Å². The van der Waals surface area contributed by atoms with E-state index in [0.29, 0.717) is 10.1 Å². The number of nitrogens with two attached hydrogens (primary N) is 1. The van der Waals surface area contributed by atoms with E-state index in [1.54, 1.807) is 12.1 Å². The molecule has 1 aromatic carbocycles. The summed E-state index contributed by atoms with van der Waals surface area (Å²) in [6, 6.07) is 7.93. The molecule has 102 valence electrons. The van der Waals surface area contributed by atoms with Gasteiger partial charge >= 0.3 is 0 Å². The maximum Gasteiger partial charge on any atom is 0.148 e. The molecule has 19 heavy (non-hydrogen) atoms. The first-order valence-electron chi connectivity index (χ1n) is 5.91. The van der Waals surface area contributed by atoms with E-state index in [0.717, 1.165) is 10.4 Å². The van der Waals surface area contributed by atoms with Crippen LogP contribution >= 0.6 is 22.9 Å². The van der Waals surface area contributed by atoms with Crippen LogP contribution in [0.15, 0.2) is 30.3 Å². The molecule has 0 fully saturated rings. The first-order chi connectivity index (χ1) is 8.97. The van der Waals surface area contributed by atoms with Crippen LogP contribution in [-0.2, 0) is 0 Å². The zero-order valence-electron chi connectivity index (χ0n) is 10.7. The van der Waals surface area contributed by atoms with E-state index in [2.05, 4.69) is 0 Å². The molecule has 2 atom stereocenters. The van der Waals surface area contributed by atoms with Crippen molar-refractivity contribution in [3.8, 4) is 5.75 Å². The highest BCUT2D eigenvalue weighted by Gasteiger charge is 2.21. The van der Waals surface area contributed by atoms with Crippen molar-refractivity contribution in [2.24, 2.45) is 5.73 Å². The van der Waals surface area contributed by atoms with Gasteiger partial charge in [-0.25, -0.2) is 4.39 Å². The van der Waals surface area contributed by atoms with Crippen LogP contribution < -0.4 is 10.5 Å². The van der Waals surface area contributed by atoms with Gasteiger partial charge in [0, 0.05) is 17.0 Å². The van der Waals surface area contributed by atoms with Gasteiger partial charge in [0.15, 0.2) is 0 Å². The SMILES string of the molecule is Cc1ccc(F)cc1OC(c1ccc(Cl)s1)C(C)N. The van der Waals surface area contributed by atoms with E-state index in [9.17, 15) is 4.39 Å². The number of aryl methyl sites for hydroxylation is 1. The molecule has 0 aliphatic carbocycles. The molecule has 0 saturated carbocycles. The molecule has 0 aliphatic rings. The quantitative estimate of drug-likeness (QED) is 0.912. The van der Waals surface area contributed by atoms with E-state index >= 15 is 0 Å². The molecule has 0 amide bonds. The van der Waals surface area contributed by atoms with Crippen LogP contribution in [0.25, 0.3) is 0 Å². The van der Waals surface area contributed by atoms with E-state index in [1.807, 2.05) is 19.9 Å². The second-order valence-corrected chi connectivity index (χ2v) is 6.20. The fourth-order valence-corrected chi connectivity index (χ4v) is 2.95. The molecule has 2 rings (SSSR count). The Kier molecular flexibility index (Phi) is 4.45. The molecule has 2 unspecified atom stereocenters. The molecule has 1 heterocycles. The molecule has 2 nitrogen and oxygen atoms in total. The largest absolute Gasteiger partial charge is 0.483 e. The molecule has 5 heteroatoms. The minimum Gasteiger partial charge on any atom is -0.483 e. The maximum atomic E-state index is 13.3. The number of halogens is 2. The third kappa shape index (κ3) is 3.47. The molecule has 2 aromatic rings. The molecule has 0 radical (unpaired) electrons. The number of benzene rings is 1. The van der Waals surface area contributed by atoms with Gasteiger partial charge in [-0.3, -0.25) is 0 Å². The highest BCUT2D eigenvalue weighted by Crippen LogP contribution is 2.33. The summed E-state index contributed by atoms with van der Waals surface area (Å²) in [5.41, 5.74) is 6.83. The molecule has 0 saturated heterocycles. The van der Waals surface area contributed by atoms with Crippen LogP contribution in [0.5, 0.6) is 5.75 Å². The number of thiophene rings is 1. The predicted molar refractivity (Wildman–Crippen MR) is 77.5 cm³/mol. The zero-order chi connectivity index (χ0) is 14.0. The first kappa shape index (κ1) is 14.3. The Morgan fingerprint density at radius 1 is 1.32 bits per heavy atom. The van der Waals surface area contributed by atoms with Crippen molar-refractivity contribution in [3.05, 3.63) is 50.9 Å². The first-order valence-corrected chi connectivity index (χ1v) is 7.10. The second kappa shape index (κ2) is 5.90. The second-order valence-electron chi connectivity index (χ2n) is 4.45. The molecule has 0 spiro atoms. The van der Waals surface area contributed by atoms with Gasteiger partial charge in [0.2, 0.25) is 0 Å². The maximum absolute atomic E-state index is 13.3. The Balaban J connectivity index is 2.29. The normalized spacial score (nSPS) is 14.2. The van der Waals surface area contributed by atoms with Gasteiger partial charge in [-0.15, -0.1) is 11.3 Å². The van der Waals surface area contributed by atoms with E-state index in [1.165, 1.54) is 23.5 Å². The average Bonchev–Trinajstić information content (AvgIpc) is 2.76. The average molecular weight is 300 g/mol. The van der Waals surface area contributed by atoms with Gasteiger partial charge in [-0.2, -0.15) is 0 Å². The topological polar surface area (TPSA) is 35.2 Å². The lowest BCUT2D eigenvalue weighted by molar-refractivity contribution is 0.182. The van der Waals surface area contributed by atoms with Crippen molar-refractivity contribution in [2.75, 3.05) is 0 Å². The molecule has 0 bridgehead atoms. The minimum absolute atomic E-state index is 0.225. The van der Waals surface area contributed by atoms with Crippen molar-refractivity contribution in [2.45, 2.75) is 26.0 Å². The predicted octanol–water partition coefficient (Wildman–Crippen LogP) is 4.32. The third-order valence-corrected chi connectivity index (χ3v) is 4.05. The third-order valence-electron chi connectivity index (χ3n) is 2.76. The van der Waals surface area contributed by atoms with Gasteiger partial charge in [0.1, 0.15) is 17.7 Å². The monoisotopic (exact) mass is 299 g/mol. The lowest BCUT2D eigenvalue weighted by Gasteiger charge is -2.22. The number of rotatable bonds is 4. The number of hydrogen-bond acceptors (Lipinski definition) is 3. The number of ether oxygens (including phenoxy) is 1. The van der Waals surface area contributed by atoms with E-state index in [4.69, 9.17) is 22.1 Å². The van der Waals surface area contributed by atoms with Gasteiger partial charge < -0.3 is 10.5 Å². The van der Waals surface area contributed by atoms with Crippen molar-refractivity contribution in [1.82, 2.24) is 0 Å². The van der Waals surface area contributed by atoms with Crippen LogP contribution in [0, 0.1) is 12.7 Å².